The molecular weight excluding hydrogens is 210 g/mol. The van der Waals surface area contributed by atoms with Crippen LogP contribution in [0.5, 0.6) is 0 Å². The van der Waals surface area contributed by atoms with Crippen LogP contribution in [0.3, 0.4) is 0 Å². The molecule has 0 aliphatic rings. The number of hydrogen-bond acceptors (Lipinski definition) is 2. The molecule has 1 rings (SSSR count). The summed E-state index contributed by atoms with van der Waals surface area (Å²) in [5.41, 5.74) is 0. The number of halogens is 1. The van der Waals surface area contributed by atoms with E-state index in [1.165, 1.54) is 0 Å². The molecule has 0 aromatic carbocycles. The van der Waals surface area contributed by atoms with Gasteiger partial charge in [0, 0.05) is 6.20 Å². The molecule has 1 heterocycles. The Hall–Kier alpha value is -0.540. The summed E-state index contributed by atoms with van der Waals surface area (Å²) in [4.78, 5) is 0. The molecule has 86 valence electrons. The minimum atomic E-state index is 0.400. The van der Waals surface area contributed by atoms with Gasteiger partial charge >= 0.3 is 0 Å². The summed E-state index contributed by atoms with van der Waals surface area (Å²) in [7, 11) is 0. The average Bonchev–Trinajstić information content (AvgIpc) is 2.59. The van der Waals surface area contributed by atoms with E-state index < -0.39 is 0 Å². The van der Waals surface area contributed by atoms with Crippen LogP contribution in [0.25, 0.3) is 0 Å². The van der Waals surface area contributed by atoms with Crippen LogP contribution in [0, 0.1) is 5.92 Å². The third-order valence-corrected chi connectivity index (χ3v) is 2.51. The largest absolute Gasteiger partial charge is 0.316 e. The maximum absolute atomic E-state index is 5.81. The fourth-order valence-electron chi connectivity index (χ4n) is 1.39. The van der Waals surface area contributed by atoms with E-state index in [-0.39, 0.29) is 0 Å². The second-order valence-corrected chi connectivity index (χ2v) is 4.81. The SMILES string of the molecule is CC(C)CNCCC(C)n1cc(Cl)cn1. The first kappa shape index (κ1) is 12.5. The Morgan fingerprint density at radius 3 is 2.73 bits per heavy atom. The molecule has 0 saturated carbocycles. The monoisotopic (exact) mass is 229 g/mol. The van der Waals surface area contributed by atoms with E-state index in [1.54, 1.807) is 6.20 Å². The normalized spacial score (nSPS) is 13.4. The summed E-state index contributed by atoms with van der Waals surface area (Å²) < 4.78 is 1.92. The maximum Gasteiger partial charge on any atom is 0.0785 e. The highest BCUT2D eigenvalue weighted by Crippen LogP contribution is 2.12. The molecule has 1 aromatic heterocycles. The molecule has 1 aromatic rings. The van der Waals surface area contributed by atoms with Crippen LogP contribution in [0.4, 0.5) is 0 Å². The van der Waals surface area contributed by atoms with Crippen molar-refractivity contribution in [3.63, 3.8) is 0 Å². The van der Waals surface area contributed by atoms with Gasteiger partial charge < -0.3 is 5.32 Å². The molecule has 0 aliphatic heterocycles. The lowest BCUT2D eigenvalue weighted by molar-refractivity contribution is 0.434. The van der Waals surface area contributed by atoms with Crippen LogP contribution in [-0.4, -0.2) is 22.9 Å². The van der Waals surface area contributed by atoms with Gasteiger partial charge in [-0.05, 0) is 32.4 Å². The van der Waals surface area contributed by atoms with E-state index >= 15 is 0 Å². The number of hydrogen-bond donors (Lipinski definition) is 1. The van der Waals surface area contributed by atoms with Crippen molar-refractivity contribution in [1.82, 2.24) is 15.1 Å². The third kappa shape index (κ3) is 4.67. The summed E-state index contributed by atoms with van der Waals surface area (Å²) in [6.07, 6.45) is 4.62. The van der Waals surface area contributed by atoms with Crippen molar-refractivity contribution in [2.75, 3.05) is 13.1 Å². The maximum atomic E-state index is 5.81. The van der Waals surface area contributed by atoms with Crippen molar-refractivity contribution >= 4 is 11.6 Å². The third-order valence-electron chi connectivity index (χ3n) is 2.31. The lowest BCUT2D eigenvalue weighted by Crippen LogP contribution is -2.23. The van der Waals surface area contributed by atoms with Gasteiger partial charge in [-0.25, -0.2) is 0 Å². The predicted molar refractivity (Wildman–Crippen MR) is 64.3 cm³/mol. The van der Waals surface area contributed by atoms with E-state index in [1.807, 2.05) is 10.9 Å². The van der Waals surface area contributed by atoms with E-state index in [4.69, 9.17) is 11.6 Å². The van der Waals surface area contributed by atoms with Gasteiger partial charge in [0.15, 0.2) is 0 Å². The molecule has 15 heavy (non-hydrogen) atoms. The van der Waals surface area contributed by atoms with Crippen molar-refractivity contribution in [3.05, 3.63) is 17.4 Å². The summed E-state index contributed by atoms with van der Waals surface area (Å²) in [6.45, 7) is 8.68. The lowest BCUT2D eigenvalue weighted by Gasteiger charge is -2.13. The Balaban J connectivity index is 2.21. The van der Waals surface area contributed by atoms with Gasteiger partial charge in [0.1, 0.15) is 0 Å². The molecule has 3 nitrogen and oxygen atoms in total. The number of rotatable bonds is 6. The number of nitrogens with one attached hydrogen (secondary N) is 1. The minimum Gasteiger partial charge on any atom is -0.316 e. The van der Waals surface area contributed by atoms with Gasteiger partial charge in [-0.3, -0.25) is 4.68 Å². The Kier molecular flexibility index (Phi) is 5.12. The summed E-state index contributed by atoms with van der Waals surface area (Å²) in [5.74, 6) is 0.708. The Bertz CT molecular complexity index is 283. The fraction of sp³-hybridized carbons (Fsp3) is 0.727. The van der Waals surface area contributed by atoms with Crippen molar-refractivity contribution in [2.24, 2.45) is 5.92 Å². The Morgan fingerprint density at radius 2 is 2.20 bits per heavy atom. The molecule has 0 aliphatic carbocycles. The highest BCUT2D eigenvalue weighted by molar-refractivity contribution is 6.30. The van der Waals surface area contributed by atoms with Gasteiger partial charge in [-0.15, -0.1) is 0 Å². The molecule has 1 atom stereocenters. The van der Waals surface area contributed by atoms with Crippen molar-refractivity contribution in [3.8, 4) is 0 Å². The molecule has 0 spiro atoms. The zero-order valence-corrected chi connectivity index (χ0v) is 10.5. The first-order valence-electron chi connectivity index (χ1n) is 5.50. The van der Waals surface area contributed by atoms with Crippen LogP contribution in [-0.2, 0) is 0 Å². The zero-order chi connectivity index (χ0) is 11.3. The summed E-state index contributed by atoms with van der Waals surface area (Å²) in [5, 5.41) is 8.31. The molecule has 0 fully saturated rings. The molecule has 0 radical (unpaired) electrons. The highest BCUT2D eigenvalue weighted by Gasteiger charge is 2.05. The van der Waals surface area contributed by atoms with Crippen LogP contribution in [0.2, 0.25) is 5.02 Å². The van der Waals surface area contributed by atoms with E-state index in [0.717, 1.165) is 19.5 Å². The Labute approximate surface area is 96.8 Å². The standard InChI is InChI=1S/C11H20ClN3/c1-9(2)6-13-5-4-10(3)15-8-11(12)7-14-15/h7-10,13H,4-6H2,1-3H3. The van der Waals surface area contributed by atoms with Gasteiger partial charge in [0.05, 0.1) is 17.3 Å². The number of nitrogens with zero attached hydrogens (tertiary/aromatic N) is 2. The molecular formula is C11H20ClN3. The van der Waals surface area contributed by atoms with E-state index in [2.05, 4.69) is 31.2 Å². The van der Waals surface area contributed by atoms with Crippen molar-refractivity contribution in [1.29, 1.82) is 0 Å². The molecule has 0 amide bonds. The van der Waals surface area contributed by atoms with Crippen LogP contribution < -0.4 is 5.32 Å². The van der Waals surface area contributed by atoms with Crippen molar-refractivity contribution < 1.29 is 0 Å². The van der Waals surface area contributed by atoms with E-state index in [0.29, 0.717) is 17.0 Å². The van der Waals surface area contributed by atoms with E-state index in [9.17, 15) is 0 Å². The zero-order valence-electron chi connectivity index (χ0n) is 9.70. The first-order chi connectivity index (χ1) is 7.09. The van der Waals surface area contributed by atoms with Gasteiger partial charge in [-0.2, -0.15) is 5.10 Å². The topological polar surface area (TPSA) is 29.9 Å². The quantitative estimate of drug-likeness (QED) is 0.761. The Morgan fingerprint density at radius 1 is 1.47 bits per heavy atom. The van der Waals surface area contributed by atoms with Crippen LogP contribution >= 0.6 is 11.6 Å². The minimum absolute atomic E-state index is 0.400. The van der Waals surface area contributed by atoms with Crippen molar-refractivity contribution in [2.45, 2.75) is 33.2 Å². The molecule has 1 unspecified atom stereocenters. The predicted octanol–water partition coefficient (Wildman–Crippen LogP) is 2.73. The highest BCUT2D eigenvalue weighted by atomic mass is 35.5. The fourth-order valence-corrected chi connectivity index (χ4v) is 1.53. The van der Waals surface area contributed by atoms with Gasteiger partial charge in [0.2, 0.25) is 0 Å². The summed E-state index contributed by atoms with van der Waals surface area (Å²) >= 11 is 5.81. The number of aromatic nitrogens is 2. The molecule has 0 bridgehead atoms. The second kappa shape index (κ2) is 6.13. The molecule has 0 saturated heterocycles. The second-order valence-electron chi connectivity index (χ2n) is 4.37. The van der Waals surface area contributed by atoms with Crippen LogP contribution in [0.15, 0.2) is 12.4 Å². The molecule has 1 N–H and O–H groups in total. The smallest absolute Gasteiger partial charge is 0.0785 e. The van der Waals surface area contributed by atoms with Crippen LogP contribution in [0.1, 0.15) is 33.2 Å². The lowest BCUT2D eigenvalue weighted by atomic mass is 10.2. The first-order valence-corrected chi connectivity index (χ1v) is 5.87. The average molecular weight is 230 g/mol. The molecule has 4 heteroatoms. The van der Waals surface area contributed by atoms with Gasteiger partial charge in [-0.1, -0.05) is 25.4 Å². The summed E-state index contributed by atoms with van der Waals surface area (Å²) in [6, 6.07) is 0.400. The van der Waals surface area contributed by atoms with Gasteiger partial charge in [0.25, 0.3) is 0 Å².